The molecule has 0 rings (SSSR count). The van der Waals surface area contributed by atoms with Gasteiger partial charge in [0, 0.05) is 6.42 Å². The van der Waals surface area contributed by atoms with Gasteiger partial charge in [-0.1, -0.05) is 64.7 Å². The summed E-state index contributed by atoms with van der Waals surface area (Å²) in [7, 11) is 0. The zero-order valence-electron chi connectivity index (χ0n) is 12.3. The Morgan fingerprint density at radius 2 is 1.25 bits per heavy atom. The molecule has 120 valence electrons. The summed E-state index contributed by atoms with van der Waals surface area (Å²) in [5.74, 6) is -6.11. The van der Waals surface area contributed by atoms with E-state index in [2.05, 4.69) is 6.92 Å². The molecule has 0 radical (unpaired) electrons. The summed E-state index contributed by atoms with van der Waals surface area (Å²) >= 11 is 0. The van der Waals surface area contributed by atoms with Gasteiger partial charge in [-0.3, -0.25) is 4.79 Å². The standard InChI is InChI=1S/C15H26F4O/c1-2-3-4-5-6-7-8-9-10-11-12-13(20)15(18,19)14(16)17/h14H,2-12H2,1H3. The smallest absolute Gasteiger partial charge is 0.293 e. The molecular weight excluding hydrogens is 272 g/mol. The van der Waals surface area contributed by atoms with Gasteiger partial charge < -0.3 is 0 Å². The van der Waals surface area contributed by atoms with Crippen molar-refractivity contribution in [3.63, 3.8) is 0 Å². The van der Waals surface area contributed by atoms with E-state index in [1.807, 2.05) is 0 Å². The topological polar surface area (TPSA) is 17.1 Å². The fourth-order valence-corrected chi connectivity index (χ4v) is 2.06. The quantitative estimate of drug-likeness (QED) is 0.312. The second-order valence-electron chi connectivity index (χ2n) is 5.28. The number of hydrogen-bond donors (Lipinski definition) is 0. The van der Waals surface area contributed by atoms with Crippen LogP contribution in [0.2, 0.25) is 0 Å². The van der Waals surface area contributed by atoms with E-state index in [4.69, 9.17) is 0 Å². The molecule has 20 heavy (non-hydrogen) atoms. The normalized spacial score (nSPS) is 12.1. The van der Waals surface area contributed by atoms with E-state index in [-0.39, 0.29) is 6.42 Å². The lowest BCUT2D eigenvalue weighted by Crippen LogP contribution is -2.36. The van der Waals surface area contributed by atoms with Gasteiger partial charge in [0.05, 0.1) is 0 Å². The number of carbonyl (C=O) groups is 1. The fraction of sp³-hybridized carbons (Fsp3) is 0.933. The first-order valence-electron chi connectivity index (χ1n) is 7.62. The van der Waals surface area contributed by atoms with Crippen molar-refractivity contribution in [3.8, 4) is 0 Å². The van der Waals surface area contributed by atoms with Crippen LogP contribution in [-0.4, -0.2) is 18.1 Å². The number of Topliss-reactive ketones (excluding diaryl/α,β-unsaturated/α-hetero) is 1. The molecule has 0 atom stereocenters. The van der Waals surface area contributed by atoms with Crippen LogP contribution in [0.5, 0.6) is 0 Å². The number of unbranched alkanes of at least 4 members (excludes halogenated alkanes) is 9. The van der Waals surface area contributed by atoms with Crippen LogP contribution in [-0.2, 0) is 4.79 Å². The van der Waals surface area contributed by atoms with Crippen LogP contribution in [0.25, 0.3) is 0 Å². The van der Waals surface area contributed by atoms with E-state index in [0.29, 0.717) is 6.42 Å². The molecule has 0 bridgehead atoms. The van der Waals surface area contributed by atoms with Crippen LogP contribution in [0.1, 0.15) is 77.6 Å². The van der Waals surface area contributed by atoms with Gasteiger partial charge in [-0.25, -0.2) is 8.78 Å². The van der Waals surface area contributed by atoms with Crippen LogP contribution in [0.3, 0.4) is 0 Å². The summed E-state index contributed by atoms with van der Waals surface area (Å²) in [6.07, 6.45) is 5.75. The molecule has 0 saturated heterocycles. The van der Waals surface area contributed by atoms with E-state index in [1.165, 1.54) is 32.1 Å². The van der Waals surface area contributed by atoms with Gasteiger partial charge in [-0.2, -0.15) is 8.78 Å². The van der Waals surface area contributed by atoms with Gasteiger partial charge in [0.25, 0.3) is 0 Å². The highest BCUT2D eigenvalue weighted by Crippen LogP contribution is 2.26. The summed E-state index contributed by atoms with van der Waals surface area (Å²) in [6, 6.07) is 0. The SMILES string of the molecule is CCCCCCCCCCCCC(=O)C(F)(F)C(F)F. The van der Waals surface area contributed by atoms with Crippen molar-refractivity contribution in [1.29, 1.82) is 0 Å². The molecule has 0 N–H and O–H groups in total. The molecule has 1 nitrogen and oxygen atoms in total. The number of ketones is 1. The Kier molecular flexibility index (Phi) is 10.8. The number of alkyl halides is 4. The molecule has 0 saturated carbocycles. The van der Waals surface area contributed by atoms with E-state index in [9.17, 15) is 22.4 Å². The summed E-state index contributed by atoms with van der Waals surface area (Å²) in [5, 5.41) is 0. The number of carbonyl (C=O) groups excluding carboxylic acids is 1. The minimum absolute atomic E-state index is 0.275. The van der Waals surface area contributed by atoms with E-state index >= 15 is 0 Å². The zero-order valence-corrected chi connectivity index (χ0v) is 12.3. The molecule has 0 aliphatic heterocycles. The fourth-order valence-electron chi connectivity index (χ4n) is 2.06. The molecule has 0 aromatic heterocycles. The second kappa shape index (κ2) is 11.1. The van der Waals surface area contributed by atoms with Crippen molar-refractivity contribution < 1.29 is 22.4 Å². The zero-order chi connectivity index (χ0) is 15.4. The van der Waals surface area contributed by atoms with E-state index < -0.39 is 24.6 Å². The van der Waals surface area contributed by atoms with Gasteiger partial charge in [0.15, 0.2) is 0 Å². The van der Waals surface area contributed by atoms with Gasteiger partial charge in [0.1, 0.15) is 0 Å². The average Bonchev–Trinajstić information content (AvgIpc) is 2.40. The Labute approximate surface area is 119 Å². The van der Waals surface area contributed by atoms with Crippen molar-refractivity contribution in [1.82, 2.24) is 0 Å². The molecule has 0 unspecified atom stereocenters. The van der Waals surface area contributed by atoms with Crippen LogP contribution < -0.4 is 0 Å². The minimum atomic E-state index is -4.47. The molecule has 0 fully saturated rings. The van der Waals surface area contributed by atoms with Crippen LogP contribution in [0.4, 0.5) is 17.6 Å². The third-order valence-corrected chi connectivity index (χ3v) is 3.40. The first-order chi connectivity index (χ1) is 9.42. The molecule has 5 heteroatoms. The Morgan fingerprint density at radius 1 is 0.850 bits per heavy atom. The lowest BCUT2D eigenvalue weighted by atomic mass is 10.0. The minimum Gasteiger partial charge on any atom is -0.293 e. The largest absolute Gasteiger partial charge is 0.364 e. The Hall–Kier alpha value is -0.610. The monoisotopic (exact) mass is 298 g/mol. The third-order valence-electron chi connectivity index (χ3n) is 3.40. The summed E-state index contributed by atoms with van der Waals surface area (Å²) in [6.45, 7) is 2.17. The van der Waals surface area contributed by atoms with Crippen molar-refractivity contribution >= 4 is 5.78 Å². The van der Waals surface area contributed by atoms with Crippen LogP contribution in [0.15, 0.2) is 0 Å². The Morgan fingerprint density at radius 3 is 1.65 bits per heavy atom. The summed E-state index contributed by atoms with van der Waals surface area (Å²) < 4.78 is 49.0. The van der Waals surface area contributed by atoms with Gasteiger partial charge in [-0.15, -0.1) is 0 Å². The first kappa shape index (κ1) is 19.4. The highest BCUT2D eigenvalue weighted by molar-refractivity contribution is 5.85. The molecule has 0 spiro atoms. The van der Waals surface area contributed by atoms with E-state index in [1.54, 1.807) is 0 Å². The Bertz CT molecular complexity index is 254. The number of halogens is 4. The van der Waals surface area contributed by atoms with E-state index in [0.717, 1.165) is 19.3 Å². The maximum Gasteiger partial charge on any atom is 0.364 e. The highest BCUT2D eigenvalue weighted by atomic mass is 19.3. The molecule has 0 aliphatic rings. The molecular formula is C15H26F4O. The van der Waals surface area contributed by atoms with Crippen molar-refractivity contribution in [2.45, 2.75) is 89.9 Å². The molecule has 0 heterocycles. The molecule has 0 aliphatic carbocycles. The lowest BCUT2D eigenvalue weighted by Gasteiger charge is -2.13. The number of hydrogen-bond acceptors (Lipinski definition) is 1. The third kappa shape index (κ3) is 8.54. The maximum absolute atomic E-state index is 12.6. The average molecular weight is 298 g/mol. The summed E-state index contributed by atoms with van der Waals surface area (Å²) in [5.41, 5.74) is 0. The van der Waals surface area contributed by atoms with Crippen molar-refractivity contribution in [2.24, 2.45) is 0 Å². The lowest BCUT2D eigenvalue weighted by molar-refractivity contribution is -0.167. The predicted octanol–water partition coefficient (Wildman–Crippen LogP) is 5.77. The number of rotatable bonds is 13. The molecule has 0 aromatic carbocycles. The highest BCUT2D eigenvalue weighted by Gasteiger charge is 2.47. The van der Waals surface area contributed by atoms with Crippen molar-refractivity contribution in [3.05, 3.63) is 0 Å². The summed E-state index contributed by atoms with van der Waals surface area (Å²) in [4.78, 5) is 10.9. The van der Waals surface area contributed by atoms with Crippen LogP contribution >= 0.6 is 0 Å². The van der Waals surface area contributed by atoms with Gasteiger partial charge in [-0.05, 0) is 6.42 Å². The molecule has 0 amide bonds. The van der Waals surface area contributed by atoms with Gasteiger partial charge >= 0.3 is 12.3 Å². The van der Waals surface area contributed by atoms with Gasteiger partial charge in [0.2, 0.25) is 5.78 Å². The van der Waals surface area contributed by atoms with Crippen molar-refractivity contribution in [2.75, 3.05) is 0 Å². The predicted molar refractivity (Wildman–Crippen MR) is 72.4 cm³/mol. The Balaban J connectivity index is 3.42. The maximum atomic E-state index is 12.6. The second-order valence-corrected chi connectivity index (χ2v) is 5.28. The van der Waals surface area contributed by atoms with Crippen LogP contribution in [0, 0.1) is 0 Å². The first-order valence-corrected chi connectivity index (χ1v) is 7.62. The molecule has 0 aromatic rings.